The van der Waals surface area contributed by atoms with Gasteiger partial charge >= 0.3 is 0 Å². The van der Waals surface area contributed by atoms with Gasteiger partial charge < -0.3 is 10.1 Å². The summed E-state index contributed by atoms with van der Waals surface area (Å²) in [5.41, 5.74) is 2.00. The van der Waals surface area contributed by atoms with Crippen molar-refractivity contribution in [1.82, 2.24) is 4.90 Å². The topological polar surface area (TPSA) is 102 Å². The number of para-hydroxylation sites is 1. The zero-order chi connectivity index (χ0) is 20.7. The van der Waals surface area contributed by atoms with Crippen molar-refractivity contribution in [3.05, 3.63) is 53.6 Å². The van der Waals surface area contributed by atoms with Crippen LogP contribution in [0.25, 0.3) is 0 Å². The van der Waals surface area contributed by atoms with Crippen LogP contribution in [-0.4, -0.2) is 46.0 Å². The smallest absolute Gasteiger partial charge is 0.238 e. The Morgan fingerprint density at radius 2 is 1.86 bits per heavy atom. The zero-order valence-electron chi connectivity index (χ0n) is 16.4. The average molecular weight is 406 g/mol. The number of aryl methyl sites for hydroxylation is 1. The van der Waals surface area contributed by atoms with Gasteiger partial charge in [-0.2, -0.15) is 0 Å². The monoisotopic (exact) mass is 405 g/mol. The molecule has 0 fully saturated rings. The van der Waals surface area contributed by atoms with Crippen LogP contribution in [-0.2, 0) is 14.8 Å². The van der Waals surface area contributed by atoms with Gasteiger partial charge in [0.2, 0.25) is 15.9 Å². The van der Waals surface area contributed by atoms with Crippen LogP contribution in [0.2, 0.25) is 0 Å². The van der Waals surface area contributed by atoms with Crippen LogP contribution in [0, 0.1) is 13.8 Å². The summed E-state index contributed by atoms with van der Waals surface area (Å²) in [5, 5.41) is 7.98. The van der Waals surface area contributed by atoms with E-state index in [9.17, 15) is 13.2 Å². The van der Waals surface area contributed by atoms with E-state index < -0.39 is 10.0 Å². The SMILES string of the molecule is Cc1cc(S(N)(=O)=O)cc(NC(=O)CN(C)CCCOc2ccccc2)c1C. The molecule has 2 aromatic rings. The van der Waals surface area contributed by atoms with Gasteiger partial charge in [0, 0.05) is 12.2 Å². The fourth-order valence-corrected chi connectivity index (χ4v) is 3.30. The summed E-state index contributed by atoms with van der Waals surface area (Å²) in [6.45, 7) is 5.03. The number of carbonyl (C=O) groups excluding carboxylic acids is 1. The molecule has 0 bridgehead atoms. The first-order valence-corrected chi connectivity index (χ1v) is 10.5. The number of nitrogens with two attached hydrogens (primary N) is 1. The van der Waals surface area contributed by atoms with Crippen molar-refractivity contribution in [3.8, 4) is 5.75 Å². The highest BCUT2D eigenvalue weighted by Crippen LogP contribution is 2.23. The molecule has 0 aliphatic rings. The molecule has 0 saturated heterocycles. The molecule has 1 amide bonds. The lowest BCUT2D eigenvalue weighted by molar-refractivity contribution is -0.117. The van der Waals surface area contributed by atoms with E-state index in [0.717, 1.165) is 23.3 Å². The molecule has 0 unspecified atom stereocenters. The molecule has 7 nitrogen and oxygen atoms in total. The Labute approximate surface area is 166 Å². The van der Waals surface area contributed by atoms with E-state index in [1.165, 1.54) is 12.1 Å². The van der Waals surface area contributed by atoms with E-state index in [1.807, 2.05) is 49.2 Å². The van der Waals surface area contributed by atoms with Gasteiger partial charge in [-0.1, -0.05) is 18.2 Å². The van der Waals surface area contributed by atoms with Crippen LogP contribution in [0.3, 0.4) is 0 Å². The Hall–Kier alpha value is -2.42. The van der Waals surface area contributed by atoms with Gasteiger partial charge in [-0.3, -0.25) is 9.69 Å². The van der Waals surface area contributed by atoms with Gasteiger partial charge in [-0.05, 0) is 62.7 Å². The van der Waals surface area contributed by atoms with Crippen molar-refractivity contribution in [2.75, 3.05) is 32.1 Å². The molecule has 2 rings (SSSR count). The summed E-state index contributed by atoms with van der Waals surface area (Å²) < 4.78 is 28.8. The molecule has 0 saturated carbocycles. The molecule has 0 aromatic heterocycles. The molecular formula is C20H27N3O4S. The van der Waals surface area contributed by atoms with E-state index in [2.05, 4.69) is 5.32 Å². The van der Waals surface area contributed by atoms with Crippen molar-refractivity contribution < 1.29 is 17.9 Å². The minimum absolute atomic E-state index is 0.0164. The third kappa shape index (κ3) is 6.63. The summed E-state index contributed by atoms with van der Waals surface area (Å²) in [5.74, 6) is 0.601. The molecule has 2 aromatic carbocycles. The quantitative estimate of drug-likeness (QED) is 0.623. The van der Waals surface area contributed by atoms with Gasteiger partial charge in [0.15, 0.2) is 0 Å². The molecule has 28 heavy (non-hydrogen) atoms. The number of ether oxygens (including phenoxy) is 1. The van der Waals surface area contributed by atoms with Crippen molar-refractivity contribution in [2.45, 2.75) is 25.2 Å². The maximum absolute atomic E-state index is 12.3. The first kappa shape index (κ1) is 21.9. The van der Waals surface area contributed by atoms with E-state index >= 15 is 0 Å². The number of primary sulfonamides is 1. The Morgan fingerprint density at radius 1 is 1.18 bits per heavy atom. The van der Waals surface area contributed by atoms with Crippen molar-refractivity contribution in [2.24, 2.45) is 5.14 Å². The van der Waals surface area contributed by atoms with Crippen LogP contribution in [0.15, 0.2) is 47.4 Å². The molecule has 8 heteroatoms. The Kier molecular flexibility index (Phi) is 7.56. The molecule has 0 spiro atoms. The number of hydrogen-bond donors (Lipinski definition) is 2. The number of carbonyl (C=O) groups is 1. The van der Waals surface area contributed by atoms with Crippen molar-refractivity contribution in [1.29, 1.82) is 0 Å². The molecular weight excluding hydrogens is 378 g/mol. The number of nitrogens with zero attached hydrogens (tertiary/aromatic N) is 1. The van der Waals surface area contributed by atoms with E-state index in [1.54, 1.807) is 6.92 Å². The zero-order valence-corrected chi connectivity index (χ0v) is 17.3. The standard InChI is InChI=1S/C20H27N3O4S/c1-15-12-18(28(21,25)26)13-19(16(15)2)22-20(24)14-23(3)10-7-11-27-17-8-5-4-6-9-17/h4-6,8-9,12-13H,7,10-11,14H2,1-3H3,(H,22,24)(H2,21,25,26). The molecule has 0 radical (unpaired) electrons. The number of anilines is 1. The first-order valence-electron chi connectivity index (χ1n) is 8.97. The first-order chi connectivity index (χ1) is 13.2. The average Bonchev–Trinajstić information content (AvgIpc) is 2.62. The lowest BCUT2D eigenvalue weighted by Crippen LogP contribution is -2.31. The van der Waals surface area contributed by atoms with Crippen LogP contribution in [0.4, 0.5) is 5.69 Å². The number of sulfonamides is 1. The lowest BCUT2D eigenvalue weighted by atomic mass is 10.1. The minimum atomic E-state index is -3.84. The van der Waals surface area contributed by atoms with Gasteiger partial charge in [0.1, 0.15) is 5.75 Å². The Balaban J connectivity index is 1.85. The highest BCUT2D eigenvalue weighted by Gasteiger charge is 2.15. The second kappa shape index (κ2) is 9.68. The third-order valence-electron chi connectivity index (χ3n) is 4.35. The maximum atomic E-state index is 12.3. The molecule has 0 atom stereocenters. The summed E-state index contributed by atoms with van der Waals surface area (Å²) in [6.07, 6.45) is 0.776. The predicted octanol–water partition coefficient (Wildman–Crippen LogP) is 2.29. The van der Waals surface area contributed by atoms with Crippen molar-refractivity contribution in [3.63, 3.8) is 0 Å². The van der Waals surface area contributed by atoms with Crippen LogP contribution in [0.5, 0.6) is 5.75 Å². The highest BCUT2D eigenvalue weighted by atomic mass is 32.2. The van der Waals surface area contributed by atoms with Crippen LogP contribution in [0.1, 0.15) is 17.5 Å². The lowest BCUT2D eigenvalue weighted by Gasteiger charge is -2.18. The summed E-state index contributed by atoms with van der Waals surface area (Å²) in [4.78, 5) is 14.2. The predicted molar refractivity (Wildman–Crippen MR) is 110 cm³/mol. The highest BCUT2D eigenvalue weighted by molar-refractivity contribution is 7.89. The fraction of sp³-hybridized carbons (Fsp3) is 0.350. The second-order valence-electron chi connectivity index (χ2n) is 6.76. The summed E-state index contributed by atoms with van der Waals surface area (Å²) in [6, 6.07) is 12.5. The number of hydrogen-bond acceptors (Lipinski definition) is 5. The second-order valence-corrected chi connectivity index (χ2v) is 8.32. The normalized spacial score (nSPS) is 11.5. The third-order valence-corrected chi connectivity index (χ3v) is 5.25. The minimum Gasteiger partial charge on any atom is -0.494 e. The number of likely N-dealkylation sites (N-methyl/N-ethyl adjacent to an activating group) is 1. The van der Waals surface area contributed by atoms with Crippen LogP contribution < -0.4 is 15.2 Å². The van der Waals surface area contributed by atoms with Gasteiger partial charge in [0.25, 0.3) is 0 Å². The fourth-order valence-electron chi connectivity index (χ4n) is 2.68. The molecule has 0 heterocycles. The van der Waals surface area contributed by atoms with E-state index in [-0.39, 0.29) is 17.3 Å². The van der Waals surface area contributed by atoms with E-state index in [0.29, 0.717) is 18.8 Å². The molecule has 3 N–H and O–H groups in total. The number of nitrogens with one attached hydrogen (secondary N) is 1. The number of amides is 1. The van der Waals surface area contributed by atoms with E-state index in [4.69, 9.17) is 9.88 Å². The van der Waals surface area contributed by atoms with Crippen LogP contribution >= 0.6 is 0 Å². The Bertz CT molecular complexity index is 915. The maximum Gasteiger partial charge on any atom is 0.238 e. The Morgan fingerprint density at radius 3 is 2.50 bits per heavy atom. The van der Waals surface area contributed by atoms with Gasteiger partial charge in [0.05, 0.1) is 18.0 Å². The summed E-state index contributed by atoms with van der Waals surface area (Å²) in [7, 11) is -1.99. The van der Waals surface area contributed by atoms with Gasteiger partial charge in [-0.25, -0.2) is 13.6 Å². The van der Waals surface area contributed by atoms with Gasteiger partial charge in [-0.15, -0.1) is 0 Å². The number of rotatable bonds is 9. The largest absolute Gasteiger partial charge is 0.494 e. The summed E-state index contributed by atoms with van der Waals surface area (Å²) >= 11 is 0. The molecule has 0 aliphatic heterocycles. The molecule has 152 valence electrons. The molecule has 0 aliphatic carbocycles. The number of benzene rings is 2. The van der Waals surface area contributed by atoms with Crippen molar-refractivity contribution >= 4 is 21.6 Å².